The van der Waals surface area contributed by atoms with Crippen LogP contribution in [-0.4, -0.2) is 56.7 Å². The van der Waals surface area contributed by atoms with Crippen LogP contribution >= 0.6 is 0 Å². The lowest BCUT2D eigenvalue weighted by atomic mass is 9.59. The van der Waals surface area contributed by atoms with E-state index < -0.39 is 11.1 Å². The number of aromatic hydroxyl groups is 1. The second-order valence-corrected chi connectivity index (χ2v) is 8.69. The molecule has 5 unspecified atom stereocenters. The van der Waals surface area contributed by atoms with Crippen molar-refractivity contribution >= 4 is 11.7 Å². The monoisotopic (exact) mass is 385 g/mol. The van der Waals surface area contributed by atoms with Gasteiger partial charge < -0.3 is 24.4 Å². The van der Waals surface area contributed by atoms with E-state index >= 15 is 0 Å². The molecule has 0 radical (unpaired) electrons. The fraction of sp³-hybridized carbons (Fsp3) is 0.591. The molecule has 1 aromatic rings. The Labute approximate surface area is 165 Å². The summed E-state index contributed by atoms with van der Waals surface area (Å²) in [4.78, 5) is 16.7. The minimum Gasteiger partial charge on any atom is -0.508 e. The SMILES string of the molecule is CC=C1CCC2[NH+](CCC34c5cc(O)ccc5N(C)C23OCC4C(=O)OC)C1. The Morgan fingerprint density at radius 1 is 1.46 bits per heavy atom. The van der Waals surface area contributed by atoms with E-state index in [9.17, 15) is 9.90 Å². The van der Waals surface area contributed by atoms with Crippen molar-refractivity contribution in [2.45, 2.75) is 43.4 Å². The predicted octanol–water partition coefficient (Wildman–Crippen LogP) is 0.993. The Morgan fingerprint density at radius 2 is 2.29 bits per heavy atom. The van der Waals surface area contributed by atoms with Crippen molar-refractivity contribution in [3.8, 4) is 5.75 Å². The number of hydrogen-bond donors (Lipinski definition) is 2. The molecule has 4 heterocycles. The van der Waals surface area contributed by atoms with E-state index in [1.165, 1.54) is 12.7 Å². The molecule has 0 spiro atoms. The normalized spacial score (nSPS) is 39.9. The smallest absolute Gasteiger partial charge is 0.312 e. The molecule has 0 bridgehead atoms. The lowest BCUT2D eigenvalue weighted by Gasteiger charge is -2.55. The minimum atomic E-state index is -0.575. The maximum atomic E-state index is 12.9. The molecule has 0 aliphatic carbocycles. The first-order valence-electron chi connectivity index (χ1n) is 10.3. The highest BCUT2D eigenvalue weighted by Crippen LogP contribution is 2.64. The highest BCUT2D eigenvalue weighted by Gasteiger charge is 2.77. The number of ether oxygens (including phenoxy) is 2. The Bertz CT molecular complexity index is 868. The van der Waals surface area contributed by atoms with Crippen molar-refractivity contribution in [1.82, 2.24) is 0 Å². The molecule has 4 aliphatic heterocycles. The number of rotatable bonds is 1. The summed E-state index contributed by atoms with van der Waals surface area (Å²) in [6, 6.07) is 5.82. The van der Waals surface area contributed by atoms with Crippen LogP contribution in [0.25, 0.3) is 0 Å². The van der Waals surface area contributed by atoms with Crippen LogP contribution in [0.3, 0.4) is 0 Å². The predicted molar refractivity (Wildman–Crippen MR) is 104 cm³/mol. The summed E-state index contributed by atoms with van der Waals surface area (Å²) in [5, 5.41) is 10.3. The second kappa shape index (κ2) is 5.97. The van der Waals surface area contributed by atoms with Gasteiger partial charge in [0.2, 0.25) is 5.72 Å². The first kappa shape index (κ1) is 18.0. The zero-order valence-electron chi connectivity index (χ0n) is 16.8. The average molecular weight is 385 g/mol. The summed E-state index contributed by atoms with van der Waals surface area (Å²) in [5.74, 6) is -0.324. The molecule has 3 saturated heterocycles. The number of carbonyl (C=O) groups is 1. The number of anilines is 1. The fourth-order valence-corrected chi connectivity index (χ4v) is 6.78. The number of phenolic OH excluding ortho intramolecular Hbond substituents is 1. The largest absolute Gasteiger partial charge is 0.508 e. The Kier molecular flexibility index (Phi) is 3.84. The topological polar surface area (TPSA) is 63.4 Å². The van der Waals surface area contributed by atoms with Gasteiger partial charge in [0.15, 0.2) is 0 Å². The molecule has 5 atom stereocenters. The molecule has 1 aromatic carbocycles. The summed E-state index contributed by atoms with van der Waals surface area (Å²) in [6.45, 7) is 4.53. The highest BCUT2D eigenvalue weighted by atomic mass is 16.5. The van der Waals surface area contributed by atoms with Gasteiger partial charge in [0.1, 0.15) is 11.8 Å². The number of phenols is 1. The van der Waals surface area contributed by atoms with Crippen LogP contribution in [0.1, 0.15) is 31.7 Å². The number of fused-ring (bicyclic) bond motifs is 2. The molecule has 3 fully saturated rings. The highest BCUT2D eigenvalue weighted by molar-refractivity contribution is 5.80. The summed E-state index contributed by atoms with van der Waals surface area (Å²) in [6.07, 6.45) is 5.20. The molecule has 28 heavy (non-hydrogen) atoms. The zero-order valence-corrected chi connectivity index (χ0v) is 16.8. The molecule has 0 aromatic heterocycles. The molecule has 0 amide bonds. The van der Waals surface area contributed by atoms with Gasteiger partial charge in [0.05, 0.1) is 38.1 Å². The fourth-order valence-electron chi connectivity index (χ4n) is 6.78. The molecular weight excluding hydrogens is 356 g/mol. The van der Waals surface area contributed by atoms with E-state index in [1.54, 1.807) is 11.0 Å². The molecule has 4 aliphatic rings. The number of likely N-dealkylation sites (N-methyl/N-ethyl adjacent to an activating group) is 1. The maximum Gasteiger partial charge on any atom is 0.312 e. The standard InChI is InChI=1S/C22H28N2O4/c1-4-14-5-8-19-22-21(9-10-24(19)12-14,17(13-28-22)20(26)27-3)16-11-15(25)6-7-18(16)23(22)2/h4,6-7,11,17,19,25H,5,8-10,12-13H2,1-3H3/p+1. The van der Waals surface area contributed by atoms with Gasteiger partial charge in [0.25, 0.3) is 0 Å². The molecule has 0 saturated carbocycles. The summed E-state index contributed by atoms with van der Waals surface area (Å²) < 4.78 is 11.9. The van der Waals surface area contributed by atoms with E-state index in [4.69, 9.17) is 9.47 Å². The van der Waals surface area contributed by atoms with Crippen LogP contribution in [0.2, 0.25) is 0 Å². The van der Waals surface area contributed by atoms with Gasteiger partial charge in [-0.3, -0.25) is 4.79 Å². The van der Waals surface area contributed by atoms with Crippen LogP contribution in [0.15, 0.2) is 29.8 Å². The zero-order chi connectivity index (χ0) is 19.7. The van der Waals surface area contributed by atoms with E-state index in [0.717, 1.165) is 43.6 Å². The van der Waals surface area contributed by atoms with Crippen molar-refractivity contribution in [3.05, 3.63) is 35.4 Å². The van der Waals surface area contributed by atoms with E-state index in [0.29, 0.717) is 6.61 Å². The summed E-state index contributed by atoms with van der Waals surface area (Å²) in [5.41, 5.74) is 2.55. The van der Waals surface area contributed by atoms with Gasteiger partial charge in [-0.15, -0.1) is 0 Å². The van der Waals surface area contributed by atoms with Crippen molar-refractivity contribution in [1.29, 1.82) is 0 Å². The maximum absolute atomic E-state index is 12.9. The summed E-state index contributed by atoms with van der Waals surface area (Å²) >= 11 is 0. The van der Waals surface area contributed by atoms with Crippen LogP contribution < -0.4 is 9.80 Å². The Morgan fingerprint density at radius 3 is 3.04 bits per heavy atom. The molecule has 150 valence electrons. The molecule has 5 rings (SSSR count). The number of methoxy groups -OCH3 is 1. The van der Waals surface area contributed by atoms with Gasteiger partial charge in [-0.25, -0.2) is 0 Å². The van der Waals surface area contributed by atoms with E-state index in [2.05, 4.69) is 24.9 Å². The number of benzene rings is 1. The van der Waals surface area contributed by atoms with Crippen LogP contribution in [0, 0.1) is 5.92 Å². The average Bonchev–Trinajstić information content (AvgIpc) is 3.18. The number of nitrogens with zero attached hydrogens (tertiary/aromatic N) is 1. The number of quaternary nitrogens is 1. The Hall–Kier alpha value is -2.05. The number of carbonyl (C=O) groups excluding carboxylic acids is 1. The van der Waals surface area contributed by atoms with Crippen molar-refractivity contribution < 1.29 is 24.3 Å². The number of hydrogen-bond acceptors (Lipinski definition) is 5. The van der Waals surface area contributed by atoms with Crippen LogP contribution in [-0.2, 0) is 19.7 Å². The van der Waals surface area contributed by atoms with Crippen molar-refractivity contribution in [2.75, 3.05) is 38.8 Å². The third kappa shape index (κ3) is 1.93. The molecule has 2 N–H and O–H groups in total. The number of esters is 1. The lowest BCUT2D eigenvalue weighted by Crippen LogP contribution is -3.21. The first-order valence-corrected chi connectivity index (χ1v) is 10.3. The number of piperidine rings is 2. The third-order valence-corrected chi connectivity index (χ3v) is 7.93. The van der Waals surface area contributed by atoms with Crippen LogP contribution in [0.4, 0.5) is 5.69 Å². The number of nitrogens with one attached hydrogen (secondary N) is 1. The Balaban J connectivity index is 1.72. The first-order chi connectivity index (χ1) is 13.5. The minimum absolute atomic E-state index is 0.208. The van der Waals surface area contributed by atoms with Crippen molar-refractivity contribution in [3.63, 3.8) is 0 Å². The van der Waals surface area contributed by atoms with E-state index in [1.807, 2.05) is 12.1 Å². The van der Waals surface area contributed by atoms with Crippen LogP contribution in [0.5, 0.6) is 5.75 Å². The van der Waals surface area contributed by atoms with Crippen molar-refractivity contribution in [2.24, 2.45) is 5.92 Å². The lowest BCUT2D eigenvalue weighted by molar-refractivity contribution is -0.939. The quantitative estimate of drug-likeness (QED) is 0.558. The van der Waals surface area contributed by atoms with Gasteiger partial charge in [-0.05, 0) is 42.7 Å². The van der Waals surface area contributed by atoms with Gasteiger partial charge in [-0.1, -0.05) is 6.08 Å². The third-order valence-electron chi connectivity index (χ3n) is 7.93. The molecule has 6 nitrogen and oxygen atoms in total. The van der Waals surface area contributed by atoms with Gasteiger partial charge in [0, 0.05) is 25.6 Å². The second-order valence-electron chi connectivity index (χ2n) is 8.69. The van der Waals surface area contributed by atoms with Gasteiger partial charge in [-0.2, -0.15) is 0 Å². The molecular formula is C22H29N2O4+. The molecule has 6 heteroatoms. The number of allylic oxidation sites excluding steroid dienone is 1. The van der Waals surface area contributed by atoms with Gasteiger partial charge >= 0.3 is 5.97 Å². The summed E-state index contributed by atoms with van der Waals surface area (Å²) in [7, 11) is 3.55. The van der Waals surface area contributed by atoms with E-state index in [-0.39, 0.29) is 23.7 Å².